The van der Waals surface area contributed by atoms with Gasteiger partial charge < -0.3 is 40.8 Å². The lowest BCUT2D eigenvalue weighted by molar-refractivity contribution is 0.0776. The Balaban J connectivity index is 0.000000160. The van der Waals surface area contributed by atoms with Gasteiger partial charge in [-0.3, -0.25) is 14.9 Å². The fraction of sp³-hybridized carbons (Fsp3) is 0.462. The van der Waals surface area contributed by atoms with Gasteiger partial charge >= 0.3 is 18.1 Å². The lowest BCUT2D eigenvalue weighted by atomic mass is 9.83. The first kappa shape index (κ1) is 57.3. The number of carbonyl (C=O) groups excluding carboxylic acids is 1. The highest BCUT2D eigenvalue weighted by atomic mass is 35.5. The van der Waals surface area contributed by atoms with E-state index in [9.17, 15) is 4.79 Å². The van der Waals surface area contributed by atoms with Gasteiger partial charge in [0, 0.05) is 82.6 Å². The van der Waals surface area contributed by atoms with Crippen molar-refractivity contribution in [3.8, 4) is 34.5 Å². The minimum absolute atomic E-state index is 0.0354. The fourth-order valence-electron chi connectivity index (χ4n) is 14.0. The Hall–Kier alpha value is -6.83. The molecule has 8 heterocycles. The SMILES string of the molecule is CCCCOC(=O)N1C2CCC1CN(c1nc(OCC3(N)CCCCC3)nc3c(F)c(-c4cccc5cccc(Cl)c45)ncc13)C2.NC1(COc2nc(N3C[C@H]4CC[C@@H](C3)N4)c3cnc(-c4cccc5cccc(Cl)c45)c(F)c3n2)CCCCC1. The number of hydrogen-bond acceptors (Lipinski definition) is 15. The van der Waals surface area contributed by atoms with Crippen LogP contribution < -0.4 is 36.1 Å². The predicted molar refractivity (Wildman–Crippen MR) is 331 cm³/mol. The van der Waals surface area contributed by atoms with Crippen molar-refractivity contribution in [3.63, 3.8) is 0 Å². The molecule has 4 aliphatic heterocycles. The maximum atomic E-state index is 16.7. The van der Waals surface area contributed by atoms with Crippen molar-refractivity contribution >= 4 is 84.3 Å². The Kier molecular flexibility index (Phi) is 16.3. The van der Waals surface area contributed by atoms with E-state index < -0.39 is 22.7 Å². The largest absolute Gasteiger partial charge is 0.461 e. The molecule has 6 aliphatic rings. The Bertz CT molecular complexity index is 3780. The second-order valence-corrected chi connectivity index (χ2v) is 25.3. The van der Waals surface area contributed by atoms with Crippen molar-refractivity contribution in [2.45, 2.75) is 145 Å². The average Bonchev–Trinajstić information content (AvgIpc) is 2.76. The molecule has 85 heavy (non-hydrogen) atoms. The van der Waals surface area contributed by atoms with Crippen LogP contribution in [-0.2, 0) is 4.74 Å². The topological polar surface area (TPSA) is 196 Å². The summed E-state index contributed by atoms with van der Waals surface area (Å²) in [7, 11) is 0. The molecule has 2 saturated carbocycles. The van der Waals surface area contributed by atoms with Gasteiger partial charge in [0.05, 0.1) is 40.5 Å². The van der Waals surface area contributed by atoms with E-state index in [2.05, 4.69) is 42.0 Å². The molecule has 4 aromatic carbocycles. The van der Waals surface area contributed by atoms with Crippen LogP contribution in [0.3, 0.4) is 0 Å². The minimum Gasteiger partial charge on any atom is -0.461 e. The first-order chi connectivity index (χ1) is 41.3. The van der Waals surface area contributed by atoms with E-state index in [1.165, 1.54) is 6.42 Å². The molecule has 444 valence electrons. The highest BCUT2D eigenvalue weighted by Gasteiger charge is 2.45. The van der Waals surface area contributed by atoms with Crippen LogP contribution in [0.1, 0.15) is 110 Å². The van der Waals surface area contributed by atoms with Crippen molar-refractivity contribution in [3.05, 3.63) is 107 Å². The van der Waals surface area contributed by atoms with E-state index >= 15 is 8.78 Å². The van der Waals surface area contributed by atoms with E-state index in [-0.39, 0.29) is 59.2 Å². The van der Waals surface area contributed by atoms with E-state index in [1.807, 2.05) is 71.6 Å². The number of halogens is 4. The first-order valence-corrected chi connectivity index (χ1v) is 31.2. The van der Waals surface area contributed by atoms with Crippen molar-refractivity contribution in [2.24, 2.45) is 11.5 Å². The van der Waals surface area contributed by atoms with Crippen molar-refractivity contribution in [2.75, 3.05) is 55.8 Å². The van der Waals surface area contributed by atoms with Crippen LogP contribution in [0, 0.1) is 11.6 Å². The van der Waals surface area contributed by atoms with E-state index in [0.29, 0.717) is 82.0 Å². The molecule has 1 amide bonds. The van der Waals surface area contributed by atoms with Gasteiger partial charge in [-0.1, -0.05) is 136 Å². The third-order valence-electron chi connectivity index (χ3n) is 18.4. The van der Waals surface area contributed by atoms with Crippen LogP contribution in [0.2, 0.25) is 10.0 Å². The molecule has 2 unspecified atom stereocenters. The first-order valence-electron chi connectivity index (χ1n) is 30.4. The van der Waals surface area contributed by atoms with Crippen LogP contribution in [0.4, 0.5) is 25.2 Å². The lowest BCUT2D eigenvalue weighted by Crippen LogP contribution is -2.56. The van der Waals surface area contributed by atoms with Crippen LogP contribution in [0.5, 0.6) is 12.0 Å². The zero-order valence-corrected chi connectivity index (χ0v) is 49.5. The third kappa shape index (κ3) is 11.6. The number of ether oxygens (including phenoxy) is 3. The Morgan fingerprint density at radius 2 is 1.07 bits per heavy atom. The maximum Gasteiger partial charge on any atom is 0.410 e. The number of aromatic nitrogens is 6. The molecule has 0 spiro atoms. The molecule has 0 radical (unpaired) electrons. The maximum absolute atomic E-state index is 16.7. The number of piperazine rings is 2. The van der Waals surface area contributed by atoms with Gasteiger partial charge in [0.25, 0.3) is 0 Å². The van der Waals surface area contributed by atoms with Gasteiger partial charge in [-0.25, -0.2) is 13.6 Å². The molecule has 5 N–H and O–H groups in total. The summed E-state index contributed by atoms with van der Waals surface area (Å²) in [6.07, 6.45) is 19.0. The second-order valence-electron chi connectivity index (χ2n) is 24.4. The van der Waals surface area contributed by atoms with Crippen LogP contribution in [0.15, 0.2) is 85.2 Å². The van der Waals surface area contributed by atoms with E-state index in [0.717, 1.165) is 131 Å². The highest BCUT2D eigenvalue weighted by Crippen LogP contribution is 2.42. The molecule has 4 aromatic heterocycles. The number of benzene rings is 4. The van der Waals surface area contributed by atoms with Crippen LogP contribution in [-0.4, -0.2) is 122 Å². The molecule has 4 atom stereocenters. The summed E-state index contributed by atoms with van der Waals surface area (Å²) in [5.74, 6) is 0.128. The average molecular weight is 1190 g/mol. The zero-order chi connectivity index (χ0) is 58.4. The molecule has 16 nitrogen and oxygen atoms in total. The molecular weight excluding hydrogens is 1120 g/mol. The number of nitrogens with two attached hydrogens (primary N) is 2. The number of fused-ring (bicyclic) bond motifs is 8. The van der Waals surface area contributed by atoms with E-state index in [1.54, 1.807) is 18.5 Å². The quantitative estimate of drug-likeness (QED) is 0.0922. The molecule has 14 rings (SSSR count). The normalized spacial score (nSPS) is 21.6. The predicted octanol–water partition coefficient (Wildman–Crippen LogP) is 12.9. The van der Waals surface area contributed by atoms with Crippen molar-refractivity contribution < 1.29 is 27.8 Å². The van der Waals surface area contributed by atoms with Crippen molar-refractivity contribution in [1.82, 2.24) is 40.1 Å². The highest BCUT2D eigenvalue weighted by molar-refractivity contribution is 6.37. The number of rotatable bonds is 13. The van der Waals surface area contributed by atoms with Crippen molar-refractivity contribution in [1.29, 1.82) is 0 Å². The monoisotopic (exact) mass is 1190 g/mol. The Morgan fingerprint density at radius 1 is 0.624 bits per heavy atom. The summed E-state index contributed by atoms with van der Waals surface area (Å²) < 4.78 is 51.1. The van der Waals surface area contributed by atoms with Gasteiger partial charge in [0.2, 0.25) is 0 Å². The molecule has 4 bridgehead atoms. The number of pyridine rings is 2. The summed E-state index contributed by atoms with van der Waals surface area (Å²) in [5.41, 5.74) is 14.4. The number of carbonyl (C=O) groups is 1. The number of hydrogen-bond donors (Lipinski definition) is 3. The number of anilines is 2. The Labute approximate surface area is 503 Å². The number of unbranched alkanes of at least 4 members (excludes halogenated alkanes) is 1. The summed E-state index contributed by atoms with van der Waals surface area (Å²) in [6, 6.07) is 23.5. The van der Waals surface area contributed by atoms with Gasteiger partial charge in [-0.05, 0) is 80.7 Å². The Morgan fingerprint density at radius 3 is 1.53 bits per heavy atom. The molecule has 4 saturated heterocycles. The molecule has 20 heteroatoms. The van der Waals surface area contributed by atoms with Gasteiger partial charge in [0.1, 0.15) is 47.3 Å². The standard InChI is InChI=1S/C35H40ClFN6O3.C30H32ClFN6O/c1-2-3-17-45-34(44)43-23-13-14-24(43)20-42(19-23)32-26-18-39-30(25-11-7-9-22-10-8-12-27(36)28(22)25)29(37)31(26)40-33(41-32)46-21-35(38)15-5-4-6-16-35;31-23-9-5-7-18-6-4-8-21(24(18)23)26-25(32)27-22(14-34-26)28(38-15-19-10-11-20(16-38)35-19)37-29(36-27)39-17-30(33)12-2-1-3-13-30/h7-12,18,23-24H,2-6,13-17,19-21,38H2,1H3;4-9,14,19-20,35H,1-3,10-13,15-17,33H2/t;19-,20+. The smallest absolute Gasteiger partial charge is 0.410 e. The lowest BCUT2D eigenvalue weighted by Gasteiger charge is -2.41. The summed E-state index contributed by atoms with van der Waals surface area (Å²) in [5, 5.41) is 9.09. The van der Waals surface area contributed by atoms with Gasteiger partial charge in [-0.2, -0.15) is 19.9 Å². The molecule has 2 aliphatic carbocycles. The van der Waals surface area contributed by atoms with Gasteiger partial charge in [-0.15, -0.1) is 0 Å². The third-order valence-corrected chi connectivity index (χ3v) is 19.0. The number of amides is 1. The number of nitrogens with zero attached hydrogens (tertiary/aromatic N) is 9. The zero-order valence-electron chi connectivity index (χ0n) is 48.0. The van der Waals surface area contributed by atoms with Crippen LogP contribution >= 0.6 is 23.2 Å². The second kappa shape index (κ2) is 24.1. The molecule has 6 fully saturated rings. The minimum atomic E-state index is -0.570. The summed E-state index contributed by atoms with van der Waals surface area (Å²) in [6.45, 7) is 5.71. The molecule has 8 aromatic rings. The summed E-state index contributed by atoms with van der Waals surface area (Å²) in [4.78, 5) is 47.4. The van der Waals surface area contributed by atoms with Crippen LogP contribution in [0.25, 0.3) is 65.9 Å². The van der Waals surface area contributed by atoms with Gasteiger partial charge in [0.15, 0.2) is 11.6 Å². The fourth-order valence-corrected chi connectivity index (χ4v) is 14.5. The summed E-state index contributed by atoms with van der Waals surface area (Å²) >= 11 is 13.2. The van der Waals surface area contributed by atoms with E-state index in [4.69, 9.17) is 58.8 Å². The molecular formula is C65H72Cl2F2N12O4. The number of nitrogens with one attached hydrogen (secondary N) is 1.